The molecule has 0 aromatic rings. The second-order valence-corrected chi connectivity index (χ2v) is 12.7. The van der Waals surface area contributed by atoms with Crippen LogP contribution in [0.1, 0.15) is 80.6 Å². The van der Waals surface area contributed by atoms with E-state index in [0.717, 1.165) is 19.3 Å². The van der Waals surface area contributed by atoms with Crippen molar-refractivity contribution in [2.24, 2.45) is 17.3 Å². The number of carbonyl (C=O) groups excluding carboxylic acids is 2. The van der Waals surface area contributed by atoms with Crippen LogP contribution in [0, 0.1) is 17.3 Å². The fourth-order valence-corrected chi connectivity index (χ4v) is 6.68. The summed E-state index contributed by atoms with van der Waals surface area (Å²) in [5, 5.41) is -0.830. The van der Waals surface area contributed by atoms with Crippen molar-refractivity contribution in [1.82, 2.24) is 0 Å². The Bertz CT molecular complexity index is 621. The van der Waals surface area contributed by atoms with Gasteiger partial charge in [0, 0.05) is 0 Å². The summed E-state index contributed by atoms with van der Waals surface area (Å²) in [5.41, 5.74) is -2.71. The van der Waals surface area contributed by atoms with Gasteiger partial charge in [0.15, 0.2) is 0 Å². The van der Waals surface area contributed by atoms with Gasteiger partial charge in [0.05, 0.1) is 20.6 Å². The zero-order valence-electron chi connectivity index (χ0n) is 17.9. The Morgan fingerprint density at radius 3 is 1.96 bits per heavy atom. The van der Waals surface area contributed by atoms with Gasteiger partial charge < -0.3 is 13.8 Å². The minimum atomic E-state index is -5.18. The summed E-state index contributed by atoms with van der Waals surface area (Å²) >= 11 is 0. The molecule has 0 aromatic heterocycles. The molecule has 0 spiro atoms. The first-order valence-electron chi connectivity index (χ1n) is 9.89. The number of Topliss-reactive ketones (excluding diaryl/α,β-unsaturated/α-hetero) is 1. The normalized spacial score (nSPS) is 26.3. The highest BCUT2D eigenvalue weighted by Gasteiger charge is 2.53. The van der Waals surface area contributed by atoms with Gasteiger partial charge in [0.2, 0.25) is 0 Å². The van der Waals surface area contributed by atoms with E-state index in [2.05, 4.69) is 13.8 Å². The van der Waals surface area contributed by atoms with Crippen molar-refractivity contribution in [3.8, 4) is 0 Å². The lowest BCUT2D eigenvalue weighted by Gasteiger charge is -2.46. The van der Waals surface area contributed by atoms with Crippen LogP contribution in [0.5, 0.6) is 0 Å². The number of rotatable bonds is 7. The van der Waals surface area contributed by atoms with Crippen LogP contribution < -0.4 is 0 Å². The predicted octanol–water partition coefficient (Wildman–Crippen LogP) is 4.29. The van der Waals surface area contributed by atoms with Crippen molar-refractivity contribution in [2.75, 3.05) is 5.75 Å². The van der Waals surface area contributed by atoms with Crippen LogP contribution >= 0.6 is 0 Å². The van der Waals surface area contributed by atoms with Crippen molar-refractivity contribution in [1.29, 1.82) is 0 Å². The van der Waals surface area contributed by atoms with Crippen molar-refractivity contribution in [2.45, 2.75) is 91.4 Å². The van der Waals surface area contributed by atoms with Crippen LogP contribution in [0.2, 0.25) is 0 Å². The fourth-order valence-electron chi connectivity index (χ4n) is 3.82. The Hall–Kier alpha value is -0.790. The molecule has 0 saturated heterocycles. The largest absolute Gasteiger partial charge is 0.459 e. The monoisotopic (exact) mass is 406 g/mol. The average Bonchev–Trinajstić information content (AvgIpc) is 2.51. The fraction of sp³-hybridized carbons (Fsp3) is 0.900. The van der Waals surface area contributed by atoms with Crippen LogP contribution in [0.4, 0.5) is 0 Å². The molecule has 160 valence electrons. The summed E-state index contributed by atoms with van der Waals surface area (Å²) in [6.45, 7) is 11.8. The van der Waals surface area contributed by atoms with Crippen LogP contribution in [-0.4, -0.2) is 41.7 Å². The lowest BCUT2D eigenvalue weighted by molar-refractivity contribution is -0.167. The molecule has 0 heterocycles. The SMILES string of the molecule is CCC(C)C1CCC(S(=O)(O)(O)CC(C)(C(C)=O)C(=O)OC(C)(C)C)CC1. The van der Waals surface area contributed by atoms with Crippen LogP contribution in [0.25, 0.3) is 0 Å². The van der Waals surface area contributed by atoms with Crippen molar-refractivity contribution >= 4 is 21.4 Å². The van der Waals surface area contributed by atoms with Gasteiger partial charge in [-0.2, -0.15) is 0 Å². The molecule has 0 bridgehead atoms. The zero-order chi connectivity index (χ0) is 21.3. The molecule has 1 fully saturated rings. The molecule has 6 nitrogen and oxygen atoms in total. The quantitative estimate of drug-likeness (QED) is 0.483. The van der Waals surface area contributed by atoms with Gasteiger partial charge in [-0.1, -0.05) is 20.3 Å². The van der Waals surface area contributed by atoms with E-state index in [-0.39, 0.29) is 0 Å². The molecular formula is C20H38O6S. The van der Waals surface area contributed by atoms with Crippen molar-refractivity contribution in [3.63, 3.8) is 0 Å². The summed E-state index contributed by atoms with van der Waals surface area (Å²) in [6, 6.07) is 0. The Balaban J connectivity index is 3.04. The number of carbonyl (C=O) groups is 2. The van der Waals surface area contributed by atoms with Crippen LogP contribution in [-0.2, 0) is 24.0 Å². The van der Waals surface area contributed by atoms with Gasteiger partial charge in [-0.3, -0.25) is 9.59 Å². The minimum Gasteiger partial charge on any atom is -0.459 e. The summed E-state index contributed by atoms with van der Waals surface area (Å²) in [6.07, 6.45) is 3.40. The third-order valence-corrected chi connectivity index (χ3v) is 8.96. The van der Waals surface area contributed by atoms with Crippen molar-refractivity contribution in [3.05, 3.63) is 0 Å². The molecular weight excluding hydrogens is 368 g/mol. The highest BCUT2D eigenvalue weighted by Crippen LogP contribution is 2.43. The summed E-state index contributed by atoms with van der Waals surface area (Å²) in [5.74, 6) is -1.28. The molecule has 27 heavy (non-hydrogen) atoms. The smallest absolute Gasteiger partial charge is 0.320 e. The van der Waals surface area contributed by atoms with Gasteiger partial charge in [-0.05, 0) is 72.1 Å². The molecule has 1 rings (SSSR count). The molecule has 0 aliphatic heterocycles. The Kier molecular flexibility index (Phi) is 7.11. The van der Waals surface area contributed by atoms with E-state index in [9.17, 15) is 22.9 Å². The van der Waals surface area contributed by atoms with E-state index >= 15 is 0 Å². The minimum absolute atomic E-state index is 0.412. The van der Waals surface area contributed by atoms with Gasteiger partial charge in [0.1, 0.15) is 16.8 Å². The van der Waals surface area contributed by atoms with E-state index in [1.807, 2.05) is 0 Å². The molecule has 1 aliphatic rings. The van der Waals surface area contributed by atoms with Gasteiger partial charge in [-0.15, -0.1) is 0 Å². The first kappa shape index (κ1) is 24.2. The van der Waals surface area contributed by atoms with Crippen LogP contribution in [0.3, 0.4) is 0 Å². The third-order valence-electron chi connectivity index (χ3n) is 6.02. The molecule has 2 N–H and O–H groups in total. The second-order valence-electron chi connectivity index (χ2n) is 9.54. The number of hydrogen-bond acceptors (Lipinski definition) is 4. The second kappa shape index (κ2) is 7.91. The molecule has 7 heteroatoms. The van der Waals surface area contributed by atoms with Crippen LogP contribution in [0.15, 0.2) is 0 Å². The number of esters is 1. The molecule has 2 unspecified atom stereocenters. The highest BCUT2D eigenvalue weighted by atomic mass is 32.3. The molecule has 0 aromatic carbocycles. The molecule has 0 radical (unpaired) electrons. The standard InChI is InChI=1S/C20H38O6S/c1-8-14(2)16-9-11-17(12-10-16)27(23,24,25)13-20(7,15(3)21)18(22)26-19(4,5)6/h14,16-17H,8-13H2,1-7H3,(H2,23,24,25). The summed E-state index contributed by atoms with van der Waals surface area (Å²) < 4.78 is 40.1. The Morgan fingerprint density at radius 1 is 1.11 bits per heavy atom. The third kappa shape index (κ3) is 6.09. The Labute approximate surface area is 163 Å². The number of hydrogen-bond donors (Lipinski definition) is 2. The maximum atomic E-state index is 13.2. The first-order valence-corrected chi connectivity index (χ1v) is 12.0. The molecule has 1 saturated carbocycles. The lowest BCUT2D eigenvalue weighted by Crippen LogP contribution is -2.57. The number of ether oxygens (including phenoxy) is 1. The molecule has 2 atom stereocenters. The predicted molar refractivity (Wildman–Crippen MR) is 108 cm³/mol. The van der Waals surface area contributed by atoms with Gasteiger partial charge in [0.25, 0.3) is 0 Å². The summed E-state index contributed by atoms with van der Waals surface area (Å²) in [4.78, 5) is 24.8. The van der Waals surface area contributed by atoms with Gasteiger partial charge >= 0.3 is 5.97 Å². The highest BCUT2D eigenvalue weighted by molar-refractivity contribution is 8.10. The average molecular weight is 407 g/mol. The molecule has 0 amide bonds. The first-order chi connectivity index (χ1) is 12.0. The van der Waals surface area contributed by atoms with Crippen molar-refractivity contribution < 1.29 is 27.6 Å². The lowest BCUT2D eigenvalue weighted by atomic mass is 9.79. The summed E-state index contributed by atoms with van der Waals surface area (Å²) in [7, 11) is -5.18. The maximum Gasteiger partial charge on any atom is 0.320 e. The van der Waals surface area contributed by atoms with E-state index in [1.54, 1.807) is 20.8 Å². The topological polar surface area (TPSA) is 101 Å². The maximum absolute atomic E-state index is 13.2. The van der Waals surface area contributed by atoms with E-state index in [1.165, 1.54) is 13.8 Å². The Morgan fingerprint density at radius 2 is 1.59 bits per heavy atom. The number of ketones is 1. The van der Waals surface area contributed by atoms with E-state index < -0.39 is 43.4 Å². The molecule has 1 aliphatic carbocycles. The van der Waals surface area contributed by atoms with E-state index in [0.29, 0.717) is 24.7 Å². The zero-order valence-corrected chi connectivity index (χ0v) is 18.7. The van der Waals surface area contributed by atoms with Gasteiger partial charge in [-0.25, -0.2) is 4.21 Å². The van der Waals surface area contributed by atoms with E-state index in [4.69, 9.17) is 4.74 Å².